The zero-order valence-electron chi connectivity index (χ0n) is 13.8. The third-order valence-electron chi connectivity index (χ3n) is 4.65. The first kappa shape index (κ1) is 16.2. The third-order valence-corrected chi connectivity index (χ3v) is 6.00. The summed E-state index contributed by atoms with van der Waals surface area (Å²) in [5, 5.41) is 3.24. The van der Waals surface area contributed by atoms with E-state index in [1.54, 1.807) is 24.4 Å². The lowest BCUT2D eigenvalue weighted by molar-refractivity contribution is 0.194. The summed E-state index contributed by atoms with van der Waals surface area (Å²) in [5.41, 5.74) is 1.65. The van der Waals surface area contributed by atoms with Crippen molar-refractivity contribution in [3.05, 3.63) is 54.4 Å². The molecule has 0 bridgehead atoms. The molecule has 4 rings (SSSR count). The standard InChI is InChI=1S/C18H20N4O2S/c23-25(24)17-9-2-1-8-16(17)20-18(21-25)14-6-5-11-22(12-14)13-15-7-3-4-10-19-15/h1-4,7-10,14H,5-6,11-13H2,(H,20,21). The molecule has 1 aromatic carbocycles. The SMILES string of the molecule is O=S1(=O)N=C(C2CCCN(Cc3ccccn3)C2)Nc2ccccc21. The highest BCUT2D eigenvalue weighted by atomic mass is 32.2. The molecule has 2 aliphatic rings. The van der Waals surface area contributed by atoms with Crippen molar-refractivity contribution in [2.24, 2.45) is 10.3 Å². The maximum absolute atomic E-state index is 12.4. The molecule has 0 saturated carbocycles. The summed E-state index contributed by atoms with van der Waals surface area (Å²) >= 11 is 0. The van der Waals surface area contributed by atoms with Crippen LogP contribution in [0.2, 0.25) is 0 Å². The van der Waals surface area contributed by atoms with Gasteiger partial charge in [0.15, 0.2) is 0 Å². The van der Waals surface area contributed by atoms with Crippen LogP contribution in [0.15, 0.2) is 58.0 Å². The molecule has 1 unspecified atom stereocenters. The lowest BCUT2D eigenvalue weighted by Crippen LogP contribution is -2.41. The number of likely N-dealkylation sites (tertiary alicyclic amines) is 1. The number of piperidine rings is 1. The molecule has 1 N–H and O–H groups in total. The molecule has 1 fully saturated rings. The second-order valence-corrected chi connectivity index (χ2v) is 8.04. The number of aromatic nitrogens is 1. The molecular weight excluding hydrogens is 336 g/mol. The fourth-order valence-corrected chi connectivity index (χ4v) is 4.65. The van der Waals surface area contributed by atoms with Crippen LogP contribution in [-0.4, -0.2) is 37.2 Å². The number of sulfonamides is 1. The summed E-state index contributed by atoms with van der Waals surface area (Å²) in [6.45, 7) is 2.54. The van der Waals surface area contributed by atoms with E-state index in [0.717, 1.165) is 38.2 Å². The highest BCUT2D eigenvalue weighted by molar-refractivity contribution is 7.90. The zero-order valence-corrected chi connectivity index (χ0v) is 14.6. The molecule has 2 aromatic rings. The Balaban J connectivity index is 1.53. The van der Waals surface area contributed by atoms with E-state index in [1.165, 1.54) is 0 Å². The molecule has 130 valence electrons. The van der Waals surface area contributed by atoms with Crippen LogP contribution in [0.1, 0.15) is 18.5 Å². The number of hydrogen-bond donors (Lipinski definition) is 1. The number of nitrogens with one attached hydrogen (secondary N) is 1. The van der Waals surface area contributed by atoms with Crippen LogP contribution >= 0.6 is 0 Å². The maximum atomic E-state index is 12.4. The summed E-state index contributed by atoms with van der Waals surface area (Å²) in [5.74, 6) is 0.644. The van der Waals surface area contributed by atoms with Crippen molar-refractivity contribution < 1.29 is 8.42 Å². The highest BCUT2D eigenvalue weighted by Crippen LogP contribution is 2.30. The summed E-state index contributed by atoms with van der Waals surface area (Å²) in [7, 11) is -3.62. The van der Waals surface area contributed by atoms with Gasteiger partial charge in [-0.3, -0.25) is 9.88 Å². The number of nitrogens with zero attached hydrogens (tertiary/aromatic N) is 3. The Kier molecular flexibility index (Phi) is 4.27. The van der Waals surface area contributed by atoms with E-state index >= 15 is 0 Å². The van der Waals surface area contributed by atoms with Crippen molar-refractivity contribution in [2.75, 3.05) is 18.4 Å². The Bertz CT molecular complexity index is 896. The molecule has 2 aliphatic heterocycles. The van der Waals surface area contributed by atoms with E-state index < -0.39 is 10.0 Å². The minimum atomic E-state index is -3.62. The lowest BCUT2D eigenvalue weighted by Gasteiger charge is -2.34. The number of hydrogen-bond acceptors (Lipinski definition) is 5. The predicted octanol–water partition coefficient (Wildman–Crippen LogP) is 2.51. The molecule has 1 aromatic heterocycles. The second kappa shape index (κ2) is 6.57. The molecular formula is C18H20N4O2S. The average Bonchev–Trinajstić information content (AvgIpc) is 2.62. The van der Waals surface area contributed by atoms with E-state index in [2.05, 4.69) is 19.6 Å². The first-order valence-electron chi connectivity index (χ1n) is 8.45. The quantitative estimate of drug-likeness (QED) is 0.915. The number of pyridine rings is 1. The molecule has 7 heteroatoms. The summed E-state index contributed by atoms with van der Waals surface area (Å²) < 4.78 is 29.0. The first-order valence-corrected chi connectivity index (χ1v) is 9.89. The second-order valence-electron chi connectivity index (χ2n) is 6.47. The molecule has 0 spiro atoms. The predicted molar refractivity (Wildman–Crippen MR) is 96.9 cm³/mol. The Labute approximate surface area is 147 Å². The van der Waals surface area contributed by atoms with Crippen molar-refractivity contribution in [1.82, 2.24) is 9.88 Å². The molecule has 1 atom stereocenters. The molecule has 1 saturated heterocycles. The number of fused-ring (bicyclic) bond motifs is 1. The minimum Gasteiger partial charge on any atom is -0.342 e. The van der Waals surface area contributed by atoms with E-state index in [1.807, 2.05) is 24.3 Å². The number of amidine groups is 1. The van der Waals surface area contributed by atoms with Gasteiger partial charge in [0.25, 0.3) is 10.0 Å². The van der Waals surface area contributed by atoms with E-state index in [0.29, 0.717) is 11.5 Å². The fourth-order valence-electron chi connectivity index (χ4n) is 3.45. The van der Waals surface area contributed by atoms with Gasteiger partial charge < -0.3 is 5.32 Å². The Hall–Kier alpha value is -2.25. The maximum Gasteiger partial charge on any atom is 0.286 e. The van der Waals surface area contributed by atoms with Crippen molar-refractivity contribution in [3.63, 3.8) is 0 Å². The third kappa shape index (κ3) is 3.43. The number of para-hydroxylation sites is 1. The van der Waals surface area contributed by atoms with Crippen LogP contribution in [0.25, 0.3) is 0 Å². The summed E-state index contributed by atoms with van der Waals surface area (Å²) in [6, 6.07) is 12.8. The van der Waals surface area contributed by atoms with Crippen molar-refractivity contribution in [2.45, 2.75) is 24.3 Å². The Morgan fingerprint density at radius 1 is 1.16 bits per heavy atom. The van der Waals surface area contributed by atoms with Gasteiger partial charge in [0.1, 0.15) is 10.7 Å². The van der Waals surface area contributed by atoms with Crippen molar-refractivity contribution >= 4 is 21.5 Å². The first-order chi connectivity index (χ1) is 12.1. The summed E-state index contributed by atoms with van der Waals surface area (Å²) in [4.78, 5) is 6.94. The molecule has 3 heterocycles. The van der Waals surface area contributed by atoms with Crippen molar-refractivity contribution in [3.8, 4) is 0 Å². The number of rotatable bonds is 3. The van der Waals surface area contributed by atoms with E-state index in [4.69, 9.17) is 0 Å². The van der Waals surface area contributed by atoms with E-state index in [-0.39, 0.29) is 10.8 Å². The number of benzene rings is 1. The Morgan fingerprint density at radius 2 is 2.00 bits per heavy atom. The monoisotopic (exact) mass is 356 g/mol. The summed E-state index contributed by atoms with van der Waals surface area (Å²) in [6.07, 6.45) is 3.75. The average molecular weight is 356 g/mol. The van der Waals surface area contributed by atoms with Crippen LogP contribution < -0.4 is 5.32 Å². The normalized spacial score (nSPS) is 22.6. The van der Waals surface area contributed by atoms with Gasteiger partial charge >= 0.3 is 0 Å². The van der Waals surface area contributed by atoms with Gasteiger partial charge in [-0.2, -0.15) is 8.42 Å². The van der Waals surface area contributed by atoms with Gasteiger partial charge in [0, 0.05) is 25.2 Å². The highest BCUT2D eigenvalue weighted by Gasteiger charge is 2.31. The van der Waals surface area contributed by atoms with Crippen LogP contribution in [0.5, 0.6) is 0 Å². The zero-order chi connectivity index (χ0) is 17.3. The van der Waals surface area contributed by atoms with Crippen LogP contribution in [0.3, 0.4) is 0 Å². The fraction of sp³-hybridized carbons (Fsp3) is 0.333. The largest absolute Gasteiger partial charge is 0.342 e. The van der Waals surface area contributed by atoms with Gasteiger partial charge in [-0.1, -0.05) is 18.2 Å². The lowest BCUT2D eigenvalue weighted by atomic mass is 9.96. The minimum absolute atomic E-state index is 0.0839. The van der Waals surface area contributed by atoms with Crippen LogP contribution in [-0.2, 0) is 16.6 Å². The van der Waals surface area contributed by atoms with Gasteiger partial charge in [-0.25, -0.2) is 0 Å². The van der Waals surface area contributed by atoms with Gasteiger partial charge in [-0.15, -0.1) is 4.40 Å². The Morgan fingerprint density at radius 3 is 2.84 bits per heavy atom. The molecule has 0 radical (unpaired) electrons. The molecule has 0 aliphatic carbocycles. The van der Waals surface area contributed by atoms with Gasteiger partial charge in [0.05, 0.1) is 11.4 Å². The topological polar surface area (TPSA) is 74.7 Å². The number of anilines is 1. The smallest absolute Gasteiger partial charge is 0.286 e. The van der Waals surface area contributed by atoms with Gasteiger partial charge in [-0.05, 0) is 43.7 Å². The van der Waals surface area contributed by atoms with Crippen LogP contribution in [0, 0.1) is 5.92 Å². The molecule has 0 amide bonds. The van der Waals surface area contributed by atoms with Crippen LogP contribution in [0.4, 0.5) is 5.69 Å². The van der Waals surface area contributed by atoms with Gasteiger partial charge in [0.2, 0.25) is 0 Å². The molecule has 6 nitrogen and oxygen atoms in total. The van der Waals surface area contributed by atoms with Crippen molar-refractivity contribution in [1.29, 1.82) is 0 Å². The van der Waals surface area contributed by atoms with E-state index in [9.17, 15) is 8.42 Å². The molecule has 25 heavy (non-hydrogen) atoms.